The van der Waals surface area contributed by atoms with Crippen molar-refractivity contribution < 1.29 is 32.3 Å². The molecule has 2 bridgehead atoms. The van der Waals surface area contributed by atoms with Crippen LogP contribution in [-0.2, 0) is 28.7 Å². The first-order valence-electron chi connectivity index (χ1n) is 15.7. The third kappa shape index (κ3) is 8.04. The van der Waals surface area contributed by atoms with E-state index < -0.39 is 56.9 Å². The summed E-state index contributed by atoms with van der Waals surface area (Å²) in [5.74, 6) is -2.35. The Balaban J connectivity index is 1.47. The van der Waals surface area contributed by atoms with Gasteiger partial charge >= 0.3 is 7.12 Å². The Morgan fingerprint density at radius 2 is 1.89 bits per heavy atom. The summed E-state index contributed by atoms with van der Waals surface area (Å²) >= 11 is 0. The summed E-state index contributed by atoms with van der Waals surface area (Å²) in [6, 6.07) is 7.69. The number of rotatable bonds is 15. The van der Waals surface area contributed by atoms with E-state index in [0.29, 0.717) is 18.3 Å². The highest BCUT2D eigenvalue weighted by Crippen LogP contribution is 2.65. The number of nitrogens with zero attached hydrogens (tertiary/aromatic N) is 2. The highest BCUT2D eigenvalue weighted by Gasteiger charge is 2.68. The predicted molar refractivity (Wildman–Crippen MR) is 169 cm³/mol. The average Bonchev–Trinajstić information content (AvgIpc) is 3.31. The van der Waals surface area contributed by atoms with Crippen molar-refractivity contribution in [2.75, 3.05) is 12.3 Å². The first-order chi connectivity index (χ1) is 21.0. The molecule has 15 heteroatoms. The molecule has 4 fully saturated rings. The van der Waals surface area contributed by atoms with E-state index in [1.165, 1.54) is 12.1 Å². The zero-order valence-corrected chi connectivity index (χ0v) is 27.5. The maximum absolute atomic E-state index is 13.8. The van der Waals surface area contributed by atoms with Crippen LogP contribution in [0.25, 0.3) is 0 Å². The van der Waals surface area contributed by atoms with Crippen LogP contribution in [0.1, 0.15) is 73.1 Å². The Kier molecular flexibility index (Phi) is 10.6. The molecule has 45 heavy (non-hydrogen) atoms. The first-order valence-corrected chi connectivity index (χ1v) is 17.3. The number of Topliss-reactive ketones (excluding diaryl/α,β-unsaturated/α-hetero) is 1. The normalized spacial score (nSPS) is 26.8. The summed E-state index contributed by atoms with van der Waals surface area (Å²) in [7, 11) is -4.55. The predicted octanol–water partition coefficient (Wildman–Crippen LogP) is 2.71. The van der Waals surface area contributed by atoms with Gasteiger partial charge in [-0.2, -0.15) is 0 Å². The summed E-state index contributed by atoms with van der Waals surface area (Å²) in [5, 5.41) is 12.9. The molecular weight excluding hydrogens is 601 g/mol. The fourth-order valence-corrected chi connectivity index (χ4v) is 8.65. The number of sulfone groups is 1. The third-order valence-electron chi connectivity index (χ3n) is 9.85. The number of amides is 1. The number of benzene rings is 1. The average molecular weight is 648 g/mol. The molecule has 4 aliphatic rings. The lowest BCUT2D eigenvalue weighted by Crippen LogP contribution is -2.65. The standard InChI is InChI=1S/C30H46BN5O8S/c1-19(2)14-26(31-43-25-17-21-16-24(29(21,3)4)30(25,5)44-31)34-27(38)20(10-9-13-33-28(32)35-36(39)40)15-22(37)18-45(41,42)23-11-7-6-8-12-23/h6-8,11-12,19-21,24-26H,9-10,13-18H2,1-5H3,(H,34,38)(H3,32,33,35)/t20-,21-,24-,25-,26+,30+/m1/s1. The number of aliphatic imine (C=N–C) groups is 1. The monoisotopic (exact) mass is 647 g/mol. The van der Waals surface area contributed by atoms with E-state index in [1.54, 1.807) is 23.6 Å². The Bertz CT molecular complexity index is 1390. The smallest absolute Gasteiger partial charge is 0.404 e. The molecule has 13 nitrogen and oxygen atoms in total. The quantitative estimate of drug-likeness (QED) is 0.0637. The number of hydrazine groups is 1. The van der Waals surface area contributed by atoms with Gasteiger partial charge in [-0.3, -0.25) is 9.59 Å². The fourth-order valence-electron chi connectivity index (χ4n) is 7.37. The highest BCUT2D eigenvalue weighted by molar-refractivity contribution is 7.92. The molecule has 0 spiro atoms. The number of ketones is 1. The lowest BCUT2D eigenvalue weighted by Gasteiger charge is -2.64. The van der Waals surface area contributed by atoms with Crippen molar-refractivity contribution in [3.63, 3.8) is 0 Å². The van der Waals surface area contributed by atoms with Crippen molar-refractivity contribution in [2.45, 2.75) is 95.7 Å². The van der Waals surface area contributed by atoms with Gasteiger partial charge in [0, 0.05) is 18.9 Å². The van der Waals surface area contributed by atoms with Crippen molar-refractivity contribution in [1.29, 1.82) is 0 Å². The molecule has 1 aromatic rings. The van der Waals surface area contributed by atoms with Crippen LogP contribution in [-0.4, -0.2) is 68.2 Å². The number of nitrogens with one attached hydrogen (secondary N) is 2. The number of nitrogens with two attached hydrogens (primary N) is 1. The molecule has 5 rings (SSSR count). The van der Waals surface area contributed by atoms with Crippen molar-refractivity contribution in [3.8, 4) is 0 Å². The van der Waals surface area contributed by atoms with Gasteiger partial charge in [-0.15, -0.1) is 0 Å². The number of guanidine groups is 1. The maximum atomic E-state index is 13.8. The lowest BCUT2D eigenvalue weighted by atomic mass is 9.43. The second kappa shape index (κ2) is 13.8. The molecule has 6 atom stereocenters. The van der Waals surface area contributed by atoms with E-state index in [1.807, 2.05) is 13.8 Å². The lowest BCUT2D eigenvalue weighted by molar-refractivity contribution is -0.525. The zero-order valence-electron chi connectivity index (χ0n) is 26.7. The van der Waals surface area contributed by atoms with E-state index in [2.05, 4.69) is 31.1 Å². The van der Waals surface area contributed by atoms with Crippen LogP contribution in [0.2, 0.25) is 0 Å². The van der Waals surface area contributed by atoms with Gasteiger partial charge in [-0.05, 0) is 74.3 Å². The summed E-state index contributed by atoms with van der Waals surface area (Å²) in [6.45, 7) is 10.8. The Hall–Kier alpha value is -3.04. The molecule has 1 aliphatic heterocycles. The molecule has 0 aromatic heterocycles. The number of hydrogen-bond donors (Lipinski definition) is 3. The molecule has 1 amide bonds. The highest BCUT2D eigenvalue weighted by atomic mass is 32.2. The Morgan fingerprint density at radius 3 is 2.51 bits per heavy atom. The van der Waals surface area contributed by atoms with Gasteiger partial charge in [0.1, 0.15) is 11.5 Å². The molecule has 0 unspecified atom stereocenters. The number of hydrogen-bond acceptors (Lipinski definition) is 9. The van der Waals surface area contributed by atoms with E-state index in [4.69, 9.17) is 15.0 Å². The van der Waals surface area contributed by atoms with E-state index >= 15 is 0 Å². The van der Waals surface area contributed by atoms with Crippen LogP contribution < -0.4 is 16.5 Å². The summed E-state index contributed by atoms with van der Waals surface area (Å²) in [4.78, 5) is 41.4. The number of carbonyl (C=O) groups is 2. The minimum absolute atomic E-state index is 0.0334. The van der Waals surface area contributed by atoms with Gasteiger partial charge < -0.3 is 20.4 Å². The molecule has 3 saturated carbocycles. The third-order valence-corrected chi connectivity index (χ3v) is 11.5. The van der Waals surface area contributed by atoms with E-state index in [-0.39, 0.29) is 54.1 Å². The van der Waals surface area contributed by atoms with Gasteiger partial charge in [0.25, 0.3) is 5.96 Å². The molecule has 0 radical (unpaired) electrons. The fraction of sp³-hybridized carbons (Fsp3) is 0.700. The second-order valence-electron chi connectivity index (χ2n) is 13.9. The molecule has 1 heterocycles. The number of carbonyl (C=O) groups excluding carboxylic acids is 2. The Labute approximate surface area is 265 Å². The minimum Gasteiger partial charge on any atom is -0.404 e. The summed E-state index contributed by atoms with van der Waals surface area (Å²) < 4.78 is 38.9. The first kappa shape index (κ1) is 34.8. The SMILES string of the molecule is CC(C)C[C@H](NC(=O)[C@H](CCCN=C(N)N[N+](=O)[O-])CC(=O)CS(=O)(=O)c1ccccc1)B1O[C@@H]2C[C@H]3C[C@H](C3(C)C)[C@]2(C)O1. The molecule has 3 aliphatic carbocycles. The largest absolute Gasteiger partial charge is 0.481 e. The van der Waals surface area contributed by atoms with Crippen LogP contribution in [0.5, 0.6) is 0 Å². The van der Waals surface area contributed by atoms with Crippen LogP contribution in [0.4, 0.5) is 0 Å². The molecule has 1 aromatic carbocycles. The minimum atomic E-state index is -3.89. The van der Waals surface area contributed by atoms with E-state index in [0.717, 1.165) is 12.8 Å². The van der Waals surface area contributed by atoms with Gasteiger partial charge in [0.2, 0.25) is 5.91 Å². The zero-order chi connectivity index (χ0) is 33.2. The second-order valence-corrected chi connectivity index (χ2v) is 15.9. The van der Waals surface area contributed by atoms with Crippen LogP contribution in [0.3, 0.4) is 0 Å². The van der Waals surface area contributed by atoms with E-state index in [9.17, 15) is 28.1 Å². The van der Waals surface area contributed by atoms with Crippen molar-refractivity contribution in [3.05, 3.63) is 40.4 Å². The van der Waals surface area contributed by atoms with Crippen LogP contribution in [0.15, 0.2) is 40.2 Å². The van der Waals surface area contributed by atoms with Crippen molar-refractivity contribution in [1.82, 2.24) is 10.7 Å². The molecular formula is C30H46BN5O8S. The van der Waals surface area contributed by atoms with Gasteiger partial charge in [-0.25, -0.2) is 23.5 Å². The topological polar surface area (TPSA) is 192 Å². The summed E-state index contributed by atoms with van der Waals surface area (Å²) in [5.41, 5.74) is 6.96. The summed E-state index contributed by atoms with van der Waals surface area (Å²) in [6.07, 6.45) is 2.66. The molecule has 4 N–H and O–H groups in total. The van der Waals surface area contributed by atoms with Crippen LogP contribution in [0, 0.1) is 39.2 Å². The molecule has 1 saturated heterocycles. The van der Waals surface area contributed by atoms with Gasteiger partial charge in [0.15, 0.2) is 14.9 Å². The van der Waals surface area contributed by atoms with Crippen molar-refractivity contribution >= 4 is 34.6 Å². The van der Waals surface area contributed by atoms with Crippen LogP contribution >= 0.6 is 0 Å². The maximum Gasteiger partial charge on any atom is 0.481 e. The molecule has 248 valence electrons. The van der Waals surface area contributed by atoms with Gasteiger partial charge in [0.05, 0.1) is 22.5 Å². The Morgan fingerprint density at radius 1 is 1.20 bits per heavy atom. The van der Waals surface area contributed by atoms with Gasteiger partial charge in [-0.1, -0.05) is 51.3 Å². The van der Waals surface area contributed by atoms with Crippen molar-refractivity contribution in [2.24, 2.45) is 39.8 Å². The number of nitro groups is 1.